The van der Waals surface area contributed by atoms with Crippen molar-refractivity contribution in [2.45, 2.75) is 51.3 Å². The molecule has 0 radical (unpaired) electrons. The standard InChI is InChI=1S/C18H25NO2/c1-13(12-17(20)18-10-7-11-21-18)19-15(3)14(2)16-8-5-4-6-9-16/h4-11,13-15,17,19-20H,12H2,1-3H3. The van der Waals surface area contributed by atoms with Crippen molar-refractivity contribution in [2.24, 2.45) is 0 Å². The van der Waals surface area contributed by atoms with Crippen molar-refractivity contribution in [3.05, 3.63) is 60.1 Å². The Morgan fingerprint density at radius 1 is 1.05 bits per heavy atom. The summed E-state index contributed by atoms with van der Waals surface area (Å²) in [6, 6.07) is 14.7. The minimum atomic E-state index is -0.554. The van der Waals surface area contributed by atoms with Crippen molar-refractivity contribution in [1.82, 2.24) is 5.32 Å². The van der Waals surface area contributed by atoms with Crippen LogP contribution in [-0.2, 0) is 0 Å². The molecule has 2 rings (SSSR count). The van der Waals surface area contributed by atoms with E-state index in [-0.39, 0.29) is 6.04 Å². The van der Waals surface area contributed by atoms with E-state index in [9.17, 15) is 5.11 Å². The van der Waals surface area contributed by atoms with Gasteiger partial charge in [-0.3, -0.25) is 0 Å². The molecule has 114 valence electrons. The Bertz CT molecular complexity index is 509. The van der Waals surface area contributed by atoms with E-state index in [1.165, 1.54) is 5.56 Å². The number of nitrogens with one attached hydrogen (secondary N) is 1. The molecule has 0 aliphatic heterocycles. The highest BCUT2D eigenvalue weighted by molar-refractivity contribution is 5.20. The fraction of sp³-hybridized carbons (Fsp3) is 0.444. The number of hydrogen-bond donors (Lipinski definition) is 2. The van der Waals surface area contributed by atoms with Crippen molar-refractivity contribution in [3.63, 3.8) is 0 Å². The first kappa shape index (κ1) is 15.8. The van der Waals surface area contributed by atoms with Gasteiger partial charge in [0.15, 0.2) is 0 Å². The predicted octanol–water partition coefficient (Wildman–Crippen LogP) is 3.87. The van der Waals surface area contributed by atoms with Gasteiger partial charge in [-0.05, 0) is 43.9 Å². The molecule has 0 fully saturated rings. The first-order valence-corrected chi connectivity index (χ1v) is 7.60. The molecule has 0 saturated heterocycles. The van der Waals surface area contributed by atoms with E-state index in [1.54, 1.807) is 12.3 Å². The van der Waals surface area contributed by atoms with Crippen molar-refractivity contribution >= 4 is 0 Å². The molecule has 1 aromatic carbocycles. The summed E-state index contributed by atoms with van der Waals surface area (Å²) in [7, 11) is 0. The summed E-state index contributed by atoms with van der Waals surface area (Å²) < 4.78 is 5.24. The number of rotatable bonds is 7. The van der Waals surface area contributed by atoms with Crippen LogP contribution < -0.4 is 5.32 Å². The van der Waals surface area contributed by atoms with Crippen LogP contribution in [0.1, 0.15) is 50.5 Å². The lowest BCUT2D eigenvalue weighted by Gasteiger charge is -2.26. The Morgan fingerprint density at radius 2 is 1.76 bits per heavy atom. The quantitative estimate of drug-likeness (QED) is 0.812. The third-order valence-electron chi connectivity index (χ3n) is 4.07. The van der Waals surface area contributed by atoms with E-state index in [2.05, 4.69) is 50.4 Å². The largest absolute Gasteiger partial charge is 0.467 e. The van der Waals surface area contributed by atoms with Crippen LogP contribution in [0.3, 0.4) is 0 Å². The van der Waals surface area contributed by atoms with Gasteiger partial charge in [-0.25, -0.2) is 0 Å². The Balaban J connectivity index is 1.86. The fourth-order valence-corrected chi connectivity index (χ4v) is 2.64. The van der Waals surface area contributed by atoms with E-state index in [0.29, 0.717) is 24.1 Å². The molecule has 0 aliphatic rings. The zero-order chi connectivity index (χ0) is 15.2. The number of aliphatic hydroxyl groups is 1. The van der Waals surface area contributed by atoms with Crippen LogP contribution in [0.5, 0.6) is 0 Å². The topological polar surface area (TPSA) is 45.4 Å². The average Bonchev–Trinajstić information content (AvgIpc) is 3.01. The molecule has 2 aromatic rings. The lowest BCUT2D eigenvalue weighted by Crippen LogP contribution is -2.38. The Kier molecular flexibility index (Phi) is 5.59. The molecule has 3 nitrogen and oxygen atoms in total. The zero-order valence-electron chi connectivity index (χ0n) is 13.0. The molecule has 0 amide bonds. The minimum absolute atomic E-state index is 0.214. The van der Waals surface area contributed by atoms with Gasteiger partial charge in [-0.15, -0.1) is 0 Å². The highest BCUT2D eigenvalue weighted by atomic mass is 16.4. The Hall–Kier alpha value is -1.58. The molecule has 4 atom stereocenters. The SMILES string of the molecule is CC(CC(O)c1ccco1)NC(C)C(C)c1ccccc1. The van der Waals surface area contributed by atoms with E-state index in [4.69, 9.17) is 4.42 Å². The van der Waals surface area contributed by atoms with Crippen LogP contribution in [0, 0.1) is 0 Å². The van der Waals surface area contributed by atoms with Gasteiger partial charge in [0, 0.05) is 12.1 Å². The van der Waals surface area contributed by atoms with Gasteiger partial charge < -0.3 is 14.8 Å². The first-order valence-electron chi connectivity index (χ1n) is 7.60. The molecule has 2 N–H and O–H groups in total. The van der Waals surface area contributed by atoms with Gasteiger partial charge in [0.05, 0.1) is 6.26 Å². The maximum absolute atomic E-state index is 10.1. The molecule has 0 spiro atoms. The van der Waals surface area contributed by atoms with Crippen LogP contribution in [0.15, 0.2) is 53.1 Å². The van der Waals surface area contributed by atoms with Crippen molar-refractivity contribution in [3.8, 4) is 0 Å². The number of hydrogen-bond acceptors (Lipinski definition) is 3. The monoisotopic (exact) mass is 287 g/mol. The van der Waals surface area contributed by atoms with Gasteiger partial charge in [0.25, 0.3) is 0 Å². The third kappa shape index (κ3) is 4.45. The maximum atomic E-state index is 10.1. The van der Waals surface area contributed by atoms with Crippen LogP contribution >= 0.6 is 0 Å². The second-order valence-corrected chi connectivity index (χ2v) is 5.82. The number of furan rings is 1. The van der Waals surface area contributed by atoms with Gasteiger partial charge in [0.1, 0.15) is 11.9 Å². The van der Waals surface area contributed by atoms with Crippen LogP contribution in [0.4, 0.5) is 0 Å². The smallest absolute Gasteiger partial charge is 0.132 e. The lowest BCUT2D eigenvalue weighted by molar-refractivity contribution is 0.126. The van der Waals surface area contributed by atoms with Crippen molar-refractivity contribution < 1.29 is 9.52 Å². The molecule has 0 bridgehead atoms. The summed E-state index contributed by atoms with van der Waals surface area (Å²) in [5.74, 6) is 1.06. The highest BCUT2D eigenvalue weighted by Gasteiger charge is 2.19. The summed E-state index contributed by atoms with van der Waals surface area (Å²) in [6.07, 6.45) is 1.68. The summed E-state index contributed by atoms with van der Waals surface area (Å²) in [5.41, 5.74) is 1.33. The van der Waals surface area contributed by atoms with E-state index < -0.39 is 6.10 Å². The summed E-state index contributed by atoms with van der Waals surface area (Å²) >= 11 is 0. The Morgan fingerprint density at radius 3 is 2.38 bits per heavy atom. The first-order chi connectivity index (χ1) is 10.1. The second-order valence-electron chi connectivity index (χ2n) is 5.82. The van der Waals surface area contributed by atoms with Crippen molar-refractivity contribution in [2.75, 3.05) is 0 Å². The lowest BCUT2D eigenvalue weighted by atomic mass is 9.93. The maximum Gasteiger partial charge on any atom is 0.132 e. The molecular formula is C18H25NO2. The normalized spacial score (nSPS) is 17.1. The minimum Gasteiger partial charge on any atom is -0.467 e. The van der Waals surface area contributed by atoms with E-state index in [1.807, 2.05) is 12.1 Å². The number of benzene rings is 1. The predicted molar refractivity (Wildman–Crippen MR) is 85.2 cm³/mol. The molecular weight excluding hydrogens is 262 g/mol. The molecule has 1 heterocycles. The molecule has 21 heavy (non-hydrogen) atoms. The van der Waals surface area contributed by atoms with Crippen molar-refractivity contribution in [1.29, 1.82) is 0 Å². The summed E-state index contributed by atoms with van der Waals surface area (Å²) in [5, 5.41) is 13.7. The number of aliphatic hydroxyl groups excluding tert-OH is 1. The van der Waals surface area contributed by atoms with Gasteiger partial charge in [0.2, 0.25) is 0 Å². The Labute approximate surface area is 127 Å². The summed E-state index contributed by atoms with van der Waals surface area (Å²) in [6.45, 7) is 6.51. The third-order valence-corrected chi connectivity index (χ3v) is 4.07. The van der Waals surface area contributed by atoms with Crippen LogP contribution in [-0.4, -0.2) is 17.2 Å². The average molecular weight is 287 g/mol. The van der Waals surface area contributed by atoms with Crippen LogP contribution in [0.2, 0.25) is 0 Å². The zero-order valence-corrected chi connectivity index (χ0v) is 13.0. The van der Waals surface area contributed by atoms with Gasteiger partial charge in [-0.2, -0.15) is 0 Å². The highest BCUT2D eigenvalue weighted by Crippen LogP contribution is 2.22. The molecule has 4 unspecified atom stereocenters. The second kappa shape index (κ2) is 7.43. The van der Waals surface area contributed by atoms with Gasteiger partial charge in [-0.1, -0.05) is 37.3 Å². The fourth-order valence-electron chi connectivity index (χ4n) is 2.64. The van der Waals surface area contributed by atoms with Crippen LogP contribution in [0.25, 0.3) is 0 Å². The van der Waals surface area contributed by atoms with Gasteiger partial charge >= 0.3 is 0 Å². The molecule has 0 saturated carbocycles. The molecule has 1 aromatic heterocycles. The molecule has 3 heteroatoms. The van der Waals surface area contributed by atoms with E-state index in [0.717, 1.165) is 0 Å². The van der Waals surface area contributed by atoms with E-state index >= 15 is 0 Å². The summed E-state index contributed by atoms with van der Waals surface area (Å²) in [4.78, 5) is 0. The molecule has 0 aliphatic carbocycles.